The van der Waals surface area contributed by atoms with Gasteiger partial charge >= 0.3 is 5.97 Å². The molecule has 104 valence electrons. The molecule has 0 atom stereocenters. The van der Waals surface area contributed by atoms with Gasteiger partial charge in [0.15, 0.2) is 5.78 Å². The third kappa shape index (κ3) is 2.64. The van der Waals surface area contributed by atoms with E-state index in [4.69, 9.17) is 15.2 Å². The fraction of sp³-hybridized carbons (Fsp3) is 0.571. The van der Waals surface area contributed by atoms with Crippen molar-refractivity contribution in [3.05, 3.63) is 22.8 Å². The van der Waals surface area contributed by atoms with Crippen LogP contribution in [0, 0.1) is 5.41 Å². The number of esters is 1. The Bertz CT molecular complexity index is 500. The van der Waals surface area contributed by atoms with Gasteiger partial charge in [-0.05, 0) is 12.3 Å². The van der Waals surface area contributed by atoms with Crippen LogP contribution in [0.3, 0.4) is 0 Å². The van der Waals surface area contributed by atoms with Crippen molar-refractivity contribution in [1.29, 1.82) is 0 Å². The highest BCUT2D eigenvalue weighted by Gasteiger charge is 2.38. The van der Waals surface area contributed by atoms with Crippen molar-refractivity contribution in [3.8, 4) is 0 Å². The Morgan fingerprint density at radius 1 is 1.42 bits per heavy atom. The van der Waals surface area contributed by atoms with Crippen molar-refractivity contribution in [2.24, 2.45) is 11.1 Å². The molecule has 19 heavy (non-hydrogen) atoms. The summed E-state index contributed by atoms with van der Waals surface area (Å²) < 4.78 is 10.4. The number of carbonyl (C=O) groups excluding carboxylic acids is 2. The van der Waals surface area contributed by atoms with E-state index in [-0.39, 0.29) is 35.7 Å². The van der Waals surface area contributed by atoms with Gasteiger partial charge < -0.3 is 15.2 Å². The van der Waals surface area contributed by atoms with Crippen LogP contribution in [0.2, 0.25) is 0 Å². The van der Waals surface area contributed by atoms with Gasteiger partial charge in [-0.1, -0.05) is 13.8 Å². The third-order valence-corrected chi connectivity index (χ3v) is 3.36. The van der Waals surface area contributed by atoms with Gasteiger partial charge in [0.25, 0.3) is 0 Å². The molecule has 1 heterocycles. The fourth-order valence-corrected chi connectivity index (χ4v) is 2.44. The van der Waals surface area contributed by atoms with Crippen LogP contribution >= 0.6 is 0 Å². The molecule has 0 bridgehead atoms. The first kappa shape index (κ1) is 13.6. The minimum Gasteiger partial charge on any atom is -0.462 e. The second-order valence-electron chi connectivity index (χ2n) is 5.68. The van der Waals surface area contributed by atoms with Gasteiger partial charge in [0.05, 0.1) is 6.61 Å². The lowest BCUT2D eigenvalue weighted by molar-refractivity contribution is -0.139. The van der Waals surface area contributed by atoms with E-state index in [0.717, 1.165) is 0 Å². The summed E-state index contributed by atoms with van der Waals surface area (Å²) in [5.41, 5.74) is 6.45. The van der Waals surface area contributed by atoms with E-state index in [1.54, 1.807) is 6.92 Å². The predicted molar refractivity (Wildman–Crippen MR) is 68.6 cm³/mol. The van der Waals surface area contributed by atoms with Crippen LogP contribution in [0.4, 0.5) is 0 Å². The smallest absolute Gasteiger partial charge is 0.339 e. The van der Waals surface area contributed by atoms with Crippen molar-refractivity contribution in [3.63, 3.8) is 0 Å². The lowest BCUT2D eigenvalue weighted by Gasteiger charge is -2.34. The molecule has 0 aromatic carbocycles. The van der Waals surface area contributed by atoms with E-state index >= 15 is 0 Å². The summed E-state index contributed by atoms with van der Waals surface area (Å²) in [5.74, 6) is 0.180. The summed E-state index contributed by atoms with van der Waals surface area (Å²) >= 11 is 0. The third-order valence-electron chi connectivity index (χ3n) is 3.36. The number of ether oxygens (including phenoxy) is 2. The number of carbonyl (C=O) groups is 2. The Labute approximate surface area is 112 Å². The summed E-state index contributed by atoms with van der Waals surface area (Å²) in [5, 5.41) is 0. The van der Waals surface area contributed by atoms with E-state index in [1.807, 2.05) is 13.8 Å². The molecule has 0 aromatic rings. The van der Waals surface area contributed by atoms with E-state index in [9.17, 15) is 9.59 Å². The second kappa shape index (κ2) is 4.72. The Kier molecular flexibility index (Phi) is 3.39. The molecule has 2 rings (SSSR count). The van der Waals surface area contributed by atoms with Gasteiger partial charge in [-0.25, -0.2) is 4.79 Å². The van der Waals surface area contributed by atoms with Crippen LogP contribution in [0.5, 0.6) is 0 Å². The molecular weight excluding hydrogens is 246 g/mol. The first-order chi connectivity index (χ1) is 8.84. The topological polar surface area (TPSA) is 78.6 Å². The van der Waals surface area contributed by atoms with Crippen LogP contribution in [-0.2, 0) is 19.1 Å². The zero-order valence-corrected chi connectivity index (χ0v) is 11.5. The van der Waals surface area contributed by atoms with E-state index in [0.29, 0.717) is 24.2 Å². The number of allylic oxidation sites excluding steroid dienone is 2. The normalized spacial score (nSPS) is 21.9. The first-order valence-electron chi connectivity index (χ1n) is 6.43. The molecule has 0 amide bonds. The van der Waals surface area contributed by atoms with Crippen LogP contribution in [0.15, 0.2) is 22.8 Å². The minimum atomic E-state index is -0.510. The van der Waals surface area contributed by atoms with Gasteiger partial charge in [-0.3, -0.25) is 4.79 Å². The maximum absolute atomic E-state index is 12.1. The number of ketones is 1. The molecule has 0 aromatic heterocycles. The van der Waals surface area contributed by atoms with Crippen LogP contribution in [0.1, 0.15) is 40.0 Å². The quantitative estimate of drug-likeness (QED) is 0.770. The van der Waals surface area contributed by atoms with Crippen LogP contribution in [-0.4, -0.2) is 18.4 Å². The first-order valence-corrected chi connectivity index (χ1v) is 6.43. The Morgan fingerprint density at radius 3 is 2.74 bits per heavy atom. The highest BCUT2D eigenvalue weighted by atomic mass is 16.5. The number of rotatable bonds is 2. The Hall–Kier alpha value is -1.78. The van der Waals surface area contributed by atoms with Gasteiger partial charge in [0.2, 0.25) is 5.88 Å². The molecule has 0 radical (unpaired) electrons. The molecule has 0 saturated heterocycles. The fourth-order valence-electron chi connectivity index (χ4n) is 2.44. The molecule has 1 aliphatic heterocycles. The monoisotopic (exact) mass is 265 g/mol. The van der Waals surface area contributed by atoms with Crippen molar-refractivity contribution in [2.45, 2.75) is 40.0 Å². The lowest BCUT2D eigenvalue weighted by atomic mass is 9.75. The SMILES string of the molecule is CCOC(=O)C1=C(N)OC2=C(C1)C(=O)CC(C)(C)C2. The number of hydrogen-bond donors (Lipinski definition) is 1. The average Bonchev–Trinajstić information content (AvgIpc) is 2.26. The maximum Gasteiger partial charge on any atom is 0.339 e. The van der Waals surface area contributed by atoms with Crippen molar-refractivity contribution >= 4 is 11.8 Å². The number of hydrogen-bond acceptors (Lipinski definition) is 5. The molecular formula is C14H19NO4. The van der Waals surface area contributed by atoms with Gasteiger partial charge in [0, 0.05) is 24.8 Å². The molecule has 0 fully saturated rings. The van der Waals surface area contributed by atoms with E-state index < -0.39 is 5.97 Å². The number of Topliss-reactive ketones (excluding diaryl/α,β-unsaturated/α-hetero) is 1. The van der Waals surface area contributed by atoms with E-state index in [2.05, 4.69) is 0 Å². The van der Waals surface area contributed by atoms with Gasteiger partial charge in [-0.15, -0.1) is 0 Å². The Balaban J connectivity index is 2.26. The molecule has 2 N–H and O–H groups in total. The maximum atomic E-state index is 12.1. The average molecular weight is 265 g/mol. The molecule has 2 aliphatic rings. The molecule has 5 heteroatoms. The predicted octanol–water partition coefficient (Wildman–Crippen LogP) is 1.78. The van der Waals surface area contributed by atoms with Crippen molar-refractivity contribution in [2.75, 3.05) is 6.61 Å². The summed E-state index contributed by atoms with van der Waals surface area (Å²) in [7, 11) is 0. The van der Waals surface area contributed by atoms with E-state index in [1.165, 1.54) is 0 Å². The van der Waals surface area contributed by atoms with Gasteiger partial charge in [-0.2, -0.15) is 0 Å². The standard InChI is InChI=1S/C14H19NO4/c1-4-18-13(17)9-5-8-10(16)6-14(2,3)7-11(8)19-12(9)15/h4-7,15H2,1-3H3. The van der Waals surface area contributed by atoms with Crippen LogP contribution < -0.4 is 5.73 Å². The minimum absolute atomic E-state index is 0.0283. The number of nitrogens with two attached hydrogens (primary N) is 1. The Morgan fingerprint density at radius 2 is 2.11 bits per heavy atom. The second-order valence-corrected chi connectivity index (χ2v) is 5.68. The van der Waals surface area contributed by atoms with Crippen LogP contribution in [0.25, 0.3) is 0 Å². The zero-order valence-electron chi connectivity index (χ0n) is 11.5. The molecule has 1 aliphatic carbocycles. The zero-order chi connectivity index (χ0) is 14.2. The summed E-state index contributed by atoms with van der Waals surface area (Å²) in [6, 6.07) is 0. The highest BCUT2D eigenvalue weighted by molar-refractivity contribution is 6.00. The van der Waals surface area contributed by atoms with Crippen molar-refractivity contribution in [1.82, 2.24) is 0 Å². The molecule has 0 unspecified atom stereocenters. The molecule has 5 nitrogen and oxygen atoms in total. The summed E-state index contributed by atoms with van der Waals surface area (Å²) in [4.78, 5) is 23.9. The lowest BCUT2D eigenvalue weighted by Crippen LogP contribution is -2.31. The largest absolute Gasteiger partial charge is 0.462 e. The van der Waals surface area contributed by atoms with Gasteiger partial charge in [0.1, 0.15) is 11.3 Å². The molecule has 0 saturated carbocycles. The summed E-state index contributed by atoms with van der Waals surface area (Å²) in [6.45, 7) is 6.01. The van der Waals surface area contributed by atoms with Crippen molar-refractivity contribution < 1.29 is 19.1 Å². The highest BCUT2D eigenvalue weighted by Crippen LogP contribution is 2.42. The molecule has 0 spiro atoms. The summed E-state index contributed by atoms with van der Waals surface area (Å²) in [6.07, 6.45) is 1.34.